The Labute approximate surface area is 75.0 Å². The van der Waals surface area contributed by atoms with Gasteiger partial charge in [-0.1, -0.05) is 0 Å². The number of allylic oxidation sites excluding steroid dienone is 2. The van der Waals surface area contributed by atoms with E-state index >= 15 is 0 Å². The first-order valence-corrected chi connectivity index (χ1v) is 3.34. The highest BCUT2D eigenvalue weighted by molar-refractivity contribution is 5.94. The fraction of sp³-hybridized carbons (Fsp3) is 0.125. The van der Waals surface area contributed by atoms with Crippen LogP contribution in [0.25, 0.3) is 0 Å². The second-order valence-corrected chi connectivity index (χ2v) is 2.12. The van der Waals surface area contributed by atoms with E-state index in [1.165, 1.54) is 6.92 Å². The quantitative estimate of drug-likeness (QED) is 0.478. The van der Waals surface area contributed by atoms with Crippen molar-refractivity contribution in [2.24, 2.45) is 0 Å². The zero-order valence-corrected chi connectivity index (χ0v) is 6.94. The number of amides is 1. The maximum absolute atomic E-state index is 10.8. The number of carbonyl (C=O) groups is 2. The Morgan fingerprint density at radius 2 is 2.08 bits per heavy atom. The molecule has 0 unspecified atom stereocenters. The molecular weight excluding hydrogens is 172 g/mol. The van der Waals surface area contributed by atoms with Crippen molar-refractivity contribution in [3.63, 3.8) is 0 Å². The van der Waals surface area contributed by atoms with Crippen LogP contribution in [0.15, 0.2) is 23.9 Å². The number of aliphatic carboxylic acids is 1. The largest absolute Gasteiger partial charge is 0.478 e. The molecule has 0 saturated heterocycles. The Kier molecular flexibility index (Phi) is 4.65. The molecule has 0 aliphatic carbocycles. The number of nitrogens with zero attached hydrogens (tertiary/aromatic N) is 1. The lowest BCUT2D eigenvalue weighted by atomic mass is 10.4. The number of hydrogen-bond acceptors (Lipinski definition) is 3. The lowest BCUT2D eigenvalue weighted by molar-refractivity contribution is -0.131. The molecule has 0 saturated carbocycles. The topological polar surface area (TPSA) is 90.2 Å². The van der Waals surface area contributed by atoms with E-state index in [2.05, 4.69) is 5.32 Å². The summed E-state index contributed by atoms with van der Waals surface area (Å²) < 4.78 is 0. The van der Waals surface area contributed by atoms with Gasteiger partial charge in [0.15, 0.2) is 0 Å². The highest BCUT2D eigenvalue weighted by Gasteiger charge is 1.96. The minimum Gasteiger partial charge on any atom is -0.478 e. The highest BCUT2D eigenvalue weighted by Crippen LogP contribution is 1.85. The lowest BCUT2D eigenvalue weighted by Crippen LogP contribution is -2.18. The van der Waals surface area contributed by atoms with Gasteiger partial charge in [0.25, 0.3) is 0 Å². The average molecular weight is 180 g/mol. The van der Waals surface area contributed by atoms with Crippen molar-refractivity contribution in [3.05, 3.63) is 23.9 Å². The van der Waals surface area contributed by atoms with Gasteiger partial charge in [-0.2, -0.15) is 5.26 Å². The number of carboxylic acids is 1. The molecule has 1 amide bonds. The van der Waals surface area contributed by atoms with Gasteiger partial charge in [-0.3, -0.25) is 4.79 Å². The van der Waals surface area contributed by atoms with Crippen LogP contribution in [0.4, 0.5) is 0 Å². The molecule has 5 heteroatoms. The van der Waals surface area contributed by atoms with E-state index in [4.69, 9.17) is 10.4 Å². The standard InChI is InChI=1S/C8H8N2O3/c1-6(4-5-9)10-7(11)2-3-8(12)13/h2-4H,1H3,(H,10,11)(H,12,13)/b3-2+,6-4-. The molecule has 0 heterocycles. The van der Waals surface area contributed by atoms with Gasteiger partial charge in [0, 0.05) is 23.9 Å². The molecule has 68 valence electrons. The third-order valence-electron chi connectivity index (χ3n) is 0.979. The fourth-order valence-corrected chi connectivity index (χ4v) is 0.516. The molecule has 2 N–H and O–H groups in total. The molecule has 0 fully saturated rings. The van der Waals surface area contributed by atoms with Crippen LogP contribution >= 0.6 is 0 Å². The van der Waals surface area contributed by atoms with Crippen LogP contribution in [0, 0.1) is 11.3 Å². The maximum atomic E-state index is 10.8. The first-order valence-electron chi connectivity index (χ1n) is 3.34. The number of hydrogen-bond donors (Lipinski definition) is 2. The van der Waals surface area contributed by atoms with Crippen molar-refractivity contribution in [3.8, 4) is 6.07 Å². The minimum atomic E-state index is -1.20. The predicted octanol–water partition coefficient (Wildman–Crippen LogP) is 0.171. The molecule has 0 aliphatic rings. The maximum Gasteiger partial charge on any atom is 0.328 e. The zero-order valence-electron chi connectivity index (χ0n) is 6.94. The zero-order chi connectivity index (χ0) is 10.3. The van der Waals surface area contributed by atoms with Crippen molar-refractivity contribution in [1.29, 1.82) is 5.26 Å². The van der Waals surface area contributed by atoms with Crippen molar-refractivity contribution in [2.75, 3.05) is 0 Å². The minimum absolute atomic E-state index is 0.363. The van der Waals surface area contributed by atoms with Crippen molar-refractivity contribution in [2.45, 2.75) is 6.92 Å². The number of nitrogens with one attached hydrogen (secondary N) is 1. The average Bonchev–Trinajstić information content (AvgIpc) is 2.01. The Balaban J connectivity index is 4.11. The van der Waals surface area contributed by atoms with E-state index in [1.807, 2.05) is 0 Å². The third-order valence-corrected chi connectivity index (χ3v) is 0.979. The van der Waals surface area contributed by atoms with Crippen LogP contribution in [-0.2, 0) is 9.59 Å². The smallest absolute Gasteiger partial charge is 0.328 e. The molecule has 0 aromatic carbocycles. The molecule has 13 heavy (non-hydrogen) atoms. The SMILES string of the molecule is C/C(=C/C#N)NC(=O)/C=C/C(=O)O. The number of nitriles is 1. The van der Waals surface area contributed by atoms with Crippen LogP contribution in [0.2, 0.25) is 0 Å². The summed E-state index contributed by atoms with van der Waals surface area (Å²) in [4.78, 5) is 20.8. The summed E-state index contributed by atoms with van der Waals surface area (Å²) in [6.45, 7) is 1.52. The van der Waals surface area contributed by atoms with E-state index in [-0.39, 0.29) is 0 Å². The number of rotatable bonds is 3. The molecule has 5 nitrogen and oxygen atoms in total. The van der Waals surface area contributed by atoms with Crippen LogP contribution in [0.5, 0.6) is 0 Å². The summed E-state index contributed by atoms with van der Waals surface area (Å²) in [5.41, 5.74) is 0.363. The van der Waals surface area contributed by atoms with Crippen LogP contribution < -0.4 is 5.32 Å². The molecule has 0 aromatic heterocycles. The number of carbonyl (C=O) groups excluding carboxylic acids is 1. The van der Waals surface area contributed by atoms with Gasteiger partial charge in [-0.05, 0) is 6.92 Å². The highest BCUT2D eigenvalue weighted by atomic mass is 16.4. The first kappa shape index (κ1) is 10.9. The molecule has 0 atom stereocenters. The summed E-state index contributed by atoms with van der Waals surface area (Å²) in [6.07, 6.45) is 2.73. The van der Waals surface area contributed by atoms with Crippen molar-refractivity contribution >= 4 is 11.9 Å². The van der Waals surface area contributed by atoms with Gasteiger partial charge in [0.05, 0.1) is 6.07 Å². The Morgan fingerprint density at radius 1 is 1.46 bits per heavy atom. The van der Waals surface area contributed by atoms with Gasteiger partial charge < -0.3 is 10.4 Å². The first-order chi connectivity index (χ1) is 6.06. The van der Waals surface area contributed by atoms with Gasteiger partial charge in [-0.15, -0.1) is 0 Å². The molecule has 0 aromatic rings. The Hall–Kier alpha value is -2.09. The lowest BCUT2D eigenvalue weighted by Gasteiger charge is -1.97. The molecule has 0 bridgehead atoms. The van der Waals surface area contributed by atoms with Gasteiger partial charge in [-0.25, -0.2) is 4.79 Å². The van der Waals surface area contributed by atoms with Crippen molar-refractivity contribution in [1.82, 2.24) is 5.32 Å². The molecule has 0 spiro atoms. The Morgan fingerprint density at radius 3 is 2.54 bits per heavy atom. The van der Waals surface area contributed by atoms with E-state index in [0.29, 0.717) is 5.70 Å². The van der Waals surface area contributed by atoms with Crippen LogP contribution in [-0.4, -0.2) is 17.0 Å². The predicted molar refractivity (Wildman–Crippen MR) is 44.3 cm³/mol. The van der Waals surface area contributed by atoms with Gasteiger partial charge in [0.2, 0.25) is 5.91 Å². The fourth-order valence-electron chi connectivity index (χ4n) is 0.516. The summed E-state index contributed by atoms with van der Waals surface area (Å²) in [5.74, 6) is -1.77. The van der Waals surface area contributed by atoms with E-state index in [0.717, 1.165) is 18.2 Å². The summed E-state index contributed by atoms with van der Waals surface area (Å²) >= 11 is 0. The Bertz CT molecular complexity index is 310. The second kappa shape index (κ2) is 5.55. The molecule has 0 rings (SSSR count). The summed E-state index contributed by atoms with van der Waals surface area (Å²) in [7, 11) is 0. The summed E-state index contributed by atoms with van der Waals surface area (Å²) in [6, 6.07) is 1.72. The normalized spacial score (nSPS) is 10.9. The third kappa shape index (κ3) is 6.31. The van der Waals surface area contributed by atoms with Gasteiger partial charge in [0.1, 0.15) is 0 Å². The molecule has 0 aliphatic heterocycles. The second-order valence-electron chi connectivity index (χ2n) is 2.12. The van der Waals surface area contributed by atoms with Crippen LogP contribution in [0.3, 0.4) is 0 Å². The van der Waals surface area contributed by atoms with E-state index in [9.17, 15) is 9.59 Å². The van der Waals surface area contributed by atoms with E-state index in [1.54, 1.807) is 6.07 Å². The summed E-state index contributed by atoms with van der Waals surface area (Å²) in [5, 5.41) is 18.6. The molecule has 0 radical (unpaired) electrons. The van der Waals surface area contributed by atoms with Gasteiger partial charge >= 0.3 is 5.97 Å². The number of carboxylic acid groups (broad SMARTS) is 1. The van der Waals surface area contributed by atoms with Crippen molar-refractivity contribution < 1.29 is 14.7 Å². The van der Waals surface area contributed by atoms with Crippen LogP contribution in [0.1, 0.15) is 6.92 Å². The van der Waals surface area contributed by atoms with E-state index < -0.39 is 11.9 Å². The molecular formula is C8H8N2O3. The monoisotopic (exact) mass is 180 g/mol.